The molecule has 0 N–H and O–H groups in total. The number of benzene rings is 2. The summed E-state index contributed by atoms with van der Waals surface area (Å²) < 4.78 is 6.90. The van der Waals surface area contributed by atoms with Crippen molar-refractivity contribution in [3.05, 3.63) is 117 Å². The first-order chi connectivity index (χ1) is 16.7. The zero-order valence-corrected chi connectivity index (χ0v) is 18.5. The molecule has 0 saturated carbocycles. The molecule has 0 aliphatic carbocycles. The summed E-state index contributed by atoms with van der Waals surface area (Å²) in [4.78, 5) is 19.7. The molecular weight excluding hydrogens is 450 g/mol. The normalized spacial score (nSPS) is 11.8. The van der Waals surface area contributed by atoms with Crippen molar-refractivity contribution in [1.29, 1.82) is 0 Å². The summed E-state index contributed by atoms with van der Waals surface area (Å²) in [6.45, 7) is 0. The number of nitro groups is 1. The number of hydrogen-bond donors (Lipinski definition) is 0. The van der Waals surface area contributed by atoms with E-state index in [-0.39, 0.29) is 11.6 Å². The summed E-state index contributed by atoms with van der Waals surface area (Å²) in [5, 5.41) is 17.4. The van der Waals surface area contributed by atoms with Crippen LogP contribution in [0.15, 0.2) is 111 Å². The summed E-state index contributed by atoms with van der Waals surface area (Å²) in [6.07, 6.45) is 4.78. The lowest BCUT2D eigenvalue weighted by Gasteiger charge is -2.06. The van der Waals surface area contributed by atoms with Crippen LogP contribution in [-0.4, -0.2) is 20.8 Å². The fourth-order valence-corrected chi connectivity index (χ4v) is 4.16. The maximum absolute atomic E-state index is 10.9. The number of thiazole rings is 1. The predicted molar refractivity (Wildman–Crippen MR) is 131 cm³/mol. The Morgan fingerprint density at radius 1 is 0.941 bits per heavy atom. The Morgan fingerprint density at radius 2 is 1.71 bits per heavy atom. The maximum Gasteiger partial charge on any atom is 0.433 e. The SMILES string of the molecule is O=[N+]([O-])c1ccc(C=Nn2c(-c3ccc(-c4ccccc4)cc3)csc2=Nc2cccnc2)o1. The highest BCUT2D eigenvalue weighted by atomic mass is 32.1. The van der Waals surface area contributed by atoms with E-state index in [0.717, 1.165) is 22.4 Å². The number of nitrogens with zero attached hydrogens (tertiary/aromatic N) is 5. The minimum absolute atomic E-state index is 0.267. The Balaban J connectivity index is 1.56. The Bertz CT molecular complexity index is 1520. The van der Waals surface area contributed by atoms with Gasteiger partial charge in [-0.05, 0) is 29.3 Å². The van der Waals surface area contributed by atoms with Crippen LogP contribution in [0.1, 0.15) is 5.76 Å². The van der Waals surface area contributed by atoms with Gasteiger partial charge in [-0.25, -0.2) is 9.67 Å². The summed E-state index contributed by atoms with van der Waals surface area (Å²) in [5.74, 6) is -0.0723. The zero-order chi connectivity index (χ0) is 23.3. The van der Waals surface area contributed by atoms with E-state index >= 15 is 0 Å². The van der Waals surface area contributed by atoms with Gasteiger partial charge in [0.25, 0.3) is 0 Å². The van der Waals surface area contributed by atoms with E-state index < -0.39 is 4.92 Å². The lowest BCUT2D eigenvalue weighted by atomic mass is 10.0. The first kappa shape index (κ1) is 21.2. The van der Waals surface area contributed by atoms with Crippen LogP contribution in [0.5, 0.6) is 0 Å². The van der Waals surface area contributed by atoms with E-state index in [9.17, 15) is 10.1 Å². The number of furan rings is 1. The molecule has 34 heavy (non-hydrogen) atoms. The van der Waals surface area contributed by atoms with Gasteiger partial charge in [-0.15, -0.1) is 11.3 Å². The van der Waals surface area contributed by atoms with Crippen LogP contribution in [0, 0.1) is 10.1 Å². The predicted octanol–water partition coefficient (Wildman–Crippen LogP) is 5.89. The van der Waals surface area contributed by atoms with Gasteiger partial charge in [-0.2, -0.15) is 5.10 Å². The molecular formula is C25H17N5O3S. The molecule has 0 unspecified atom stereocenters. The molecule has 166 valence electrons. The quantitative estimate of drug-likeness (QED) is 0.176. The van der Waals surface area contributed by atoms with Gasteiger partial charge in [-0.1, -0.05) is 54.6 Å². The average Bonchev–Trinajstić information content (AvgIpc) is 3.51. The second-order valence-electron chi connectivity index (χ2n) is 7.16. The molecule has 9 heteroatoms. The molecule has 3 heterocycles. The lowest BCUT2D eigenvalue weighted by Crippen LogP contribution is -2.11. The van der Waals surface area contributed by atoms with Crippen LogP contribution in [0.3, 0.4) is 0 Å². The van der Waals surface area contributed by atoms with E-state index in [0.29, 0.717) is 10.5 Å². The van der Waals surface area contributed by atoms with Gasteiger partial charge < -0.3 is 4.42 Å². The van der Waals surface area contributed by atoms with Gasteiger partial charge in [0.05, 0.1) is 29.9 Å². The Morgan fingerprint density at radius 3 is 2.41 bits per heavy atom. The highest BCUT2D eigenvalue weighted by Crippen LogP contribution is 2.26. The van der Waals surface area contributed by atoms with Crippen molar-refractivity contribution in [1.82, 2.24) is 9.66 Å². The van der Waals surface area contributed by atoms with E-state index in [4.69, 9.17) is 4.42 Å². The molecule has 5 aromatic rings. The van der Waals surface area contributed by atoms with Crippen LogP contribution in [0.4, 0.5) is 11.6 Å². The lowest BCUT2D eigenvalue weighted by molar-refractivity contribution is -0.402. The van der Waals surface area contributed by atoms with Crippen molar-refractivity contribution in [3.8, 4) is 22.4 Å². The third kappa shape index (κ3) is 4.59. The van der Waals surface area contributed by atoms with Crippen molar-refractivity contribution in [2.75, 3.05) is 0 Å². The molecule has 8 nitrogen and oxygen atoms in total. The van der Waals surface area contributed by atoms with Crippen molar-refractivity contribution in [3.63, 3.8) is 0 Å². The van der Waals surface area contributed by atoms with Crippen molar-refractivity contribution >= 4 is 29.1 Å². The number of aromatic nitrogens is 2. The van der Waals surface area contributed by atoms with Crippen molar-refractivity contribution < 1.29 is 9.34 Å². The molecule has 0 bridgehead atoms. The summed E-state index contributed by atoms with van der Waals surface area (Å²) in [5.41, 5.74) is 4.71. The Labute approximate surface area is 198 Å². The Hall–Kier alpha value is -4.63. The van der Waals surface area contributed by atoms with Crippen molar-refractivity contribution in [2.24, 2.45) is 10.1 Å². The molecule has 0 fully saturated rings. The molecule has 0 saturated heterocycles. The third-order valence-corrected chi connectivity index (χ3v) is 5.75. The van der Waals surface area contributed by atoms with Crippen molar-refractivity contribution in [2.45, 2.75) is 0 Å². The van der Waals surface area contributed by atoms with Gasteiger partial charge in [-0.3, -0.25) is 15.1 Å². The number of pyridine rings is 1. The van der Waals surface area contributed by atoms with Gasteiger partial charge >= 0.3 is 5.88 Å². The molecule has 2 aromatic carbocycles. The number of hydrogen-bond acceptors (Lipinski definition) is 7. The molecule has 3 aromatic heterocycles. The van der Waals surface area contributed by atoms with E-state index in [1.807, 2.05) is 47.8 Å². The molecule has 5 rings (SSSR count). The third-order valence-electron chi connectivity index (χ3n) is 4.94. The minimum Gasteiger partial charge on any atom is -0.400 e. The van der Waals surface area contributed by atoms with Gasteiger partial charge in [0.1, 0.15) is 4.92 Å². The van der Waals surface area contributed by atoms with Gasteiger partial charge in [0, 0.05) is 17.1 Å². The molecule has 0 aliphatic heterocycles. The fraction of sp³-hybridized carbons (Fsp3) is 0. The smallest absolute Gasteiger partial charge is 0.400 e. The molecule has 0 spiro atoms. The summed E-state index contributed by atoms with van der Waals surface area (Å²) in [6, 6.07) is 24.8. The highest BCUT2D eigenvalue weighted by Gasteiger charge is 2.12. The zero-order valence-electron chi connectivity index (χ0n) is 17.7. The minimum atomic E-state index is -0.585. The summed E-state index contributed by atoms with van der Waals surface area (Å²) in [7, 11) is 0. The highest BCUT2D eigenvalue weighted by molar-refractivity contribution is 7.07. The molecule has 0 aliphatic rings. The van der Waals surface area contributed by atoms with Crippen LogP contribution in [0.25, 0.3) is 22.4 Å². The van der Waals surface area contributed by atoms with E-state index in [1.54, 1.807) is 17.1 Å². The molecule has 0 amide bonds. The first-order valence-electron chi connectivity index (χ1n) is 10.3. The van der Waals surface area contributed by atoms with Crippen LogP contribution >= 0.6 is 11.3 Å². The van der Waals surface area contributed by atoms with Gasteiger partial charge in [0.15, 0.2) is 5.76 Å². The fourth-order valence-electron chi connectivity index (χ4n) is 3.31. The molecule has 0 atom stereocenters. The summed E-state index contributed by atoms with van der Waals surface area (Å²) >= 11 is 1.43. The standard InChI is InChI=1S/C25H17N5O3S/c31-30(32)24-13-12-22(33-24)16-27-29-23(17-34-25(29)28-21-7-4-14-26-15-21)20-10-8-19(9-11-20)18-5-2-1-3-6-18/h1-17H. The maximum atomic E-state index is 10.9. The second-order valence-corrected chi connectivity index (χ2v) is 8.00. The average molecular weight is 468 g/mol. The number of rotatable bonds is 6. The Kier molecular flexibility index (Phi) is 5.91. The van der Waals surface area contributed by atoms with Crippen LogP contribution in [-0.2, 0) is 0 Å². The van der Waals surface area contributed by atoms with Gasteiger partial charge in [0.2, 0.25) is 4.80 Å². The topological polar surface area (TPSA) is 98.8 Å². The first-order valence-corrected chi connectivity index (χ1v) is 11.1. The van der Waals surface area contributed by atoms with E-state index in [2.05, 4.69) is 39.3 Å². The largest absolute Gasteiger partial charge is 0.433 e. The van der Waals surface area contributed by atoms with Crippen LogP contribution < -0.4 is 4.80 Å². The van der Waals surface area contributed by atoms with E-state index in [1.165, 1.54) is 29.7 Å². The molecule has 0 radical (unpaired) electrons. The second kappa shape index (κ2) is 9.47. The monoisotopic (exact) mass is 467 g/mol. The van der Waals surface area contributed by atoms with Crippen LogP contribution in [0.2, 0.25) is 0 Å².